The maximum atomic E-state index is 12.4. The molecule has 1 aromatic carbocycles. The molecule has 0 N–H and O–H groups in total. The van der Waals surface area contributed by atoms with Gasteiger partial charge in [-0.1, -0.05) is 44.7 Å². The molecule has 0 heterocycles. The van der Waals surface area contributed by atoms with E-state index in [0.29, 0.717) is 6.54 Å². The van der Waals surface area contributed by atoms with Gasteiger partial charge in [-0.05, 0) is 29.4 Å². The van der Waals surface area contributed by atoms with Crippen LogP contribution < -0.4 is 4.74 Å². The molecule has 4 nitrogen and oxygen atoms in total. The van der Waals surface area contributed by atoms with E-state index in [9.17, 15) is 9.59 Å². The van der Waals surface area contributed by atoms with Gasteiger partial charge in [0.2, 0.25) is 11.0 Å². The Morgan fingerprint density at radius 2 is 1.82 bits per heavy atom. The van der Waals surface area contributed by atoms with E-state index in [-0.39, 0.29) is 16.9 Å². The fourth-order valence-corrected chi connectivity index (χ4v) is 3.17. The molecule has 0 radical (unpaired) electrons. The Balaban J connectivity index is 2.98. The fourth-order valence-electron chi connectivity index (χ4n) is 2.32. The monoisotopic (exact) mass is 323 g/mol. The van der Waals surface area contributed by atoms with Crippen molar-refractivity contribution in [3.8, 4) is 5.75 Å². The first kappa shape index (κ1) is 18.6. The van der Waals surface area contributed by atoms with E-state index < -0.39 is 6.04 Å². The first-order valence-electron chi connectivity index (χ1n) is 7.47. The number of hydrogen-bond acceptors (Lipinski definition) is 4. The molecule has 0 aromatic heterocycles. The first-order valence-corrected chi connectivity index (χ1v) is 8.46. The van der Waals surface area contributed by atoms with Crippen molar-refractivity contribution in [1.82, 2.24) is 4.90 Å². The summed E-state index contributed by atoms with van der Waals surface area (Å²) in [6.07, 6.45) is 0. The van der Waals surface area contributed by atoms with E-state index in [1.165, 1.54) is 18.7 Å². The van der Waals surface area contributed by atoms with Gasteiger partial charge in [0.1, 0.15) is 11.8 Å². The largest absolute Gasteiger partial charge is 0.497 e. The molecule has 0 spiro atoms. The van der Waals surface area contributed by atoms with E-state index in [1.54, 1.807) is 12.0 Å². The molecule has 1 aromatic rings. The number of nitrogens with zero attached hydrogens (tertiary/aromatic N) is 1. The van der Waals surface area contributed by atoms with Crippen LogP contribution in [0.2, 0.25) is 0 Å². The SMILES string of the molecule is CCSC(=O)C(C(C)C)N(Cc1ccc(OC)cc1)C(C)=O. The number of carbonyl (C=O) groups is 2. The summed E-state index contributed by atoms with van der Waals surface area (Å²) in [5, 5.41) is 0.0567. The number of hydrogen-bond donors (Lipinski definition) is 0. The summed E-state index contributed by atoms with van der Waals surface area (Å²) in [5.41, 5.74) is 0.982. The minimum absolute atomic E-state index is 0.0567. The van der Waals surface area contributed by atoms with Gasteiger partial charge in [-0.15, -0.1) is 0 Å². The molecule has 1 rings (SSSR count). The van der Waals surface area contributed by atoms with Crippen LogP contribution in [0.1, 0.15) is 33.3 Å². The highest BCUT2D eigenvalue weighted by atomic mass is 32.2. The molecule has 0 saturated heterocycles. The number of methoxy groups -OCH3 is 1. The Labute approximate surface area is 137 Å². The van der Waals surface area contributed by atoms with Crippen molar-refractivity contribution < 1.29 is 14.3 Å². The number of amides is 1. The molecule has 0 aliphatic carbocycles. The van der Waals surface area contributed by atoms with E-state index >= 15 is 0 Å². The molecular weight excluding hydrogens is 298 g/mol. The summed E-state index contributed by atoms with van der Waals surface area (Å²) >= 11 is 1.28. The van der Waals surface area contributed by atoms with E-state index in [1.807, 2.05) is 45.0 Å². The molecule has 5 heteroatoms. The average molecular weight is 323 g/mol. The maximum Gasteiger partial charge on any atom is 0.220 e. The highest BCUT2D eigenvalue weighted by Gasteiger charge is 2.30. The van der Waals surface area contributed by atoms with Crippen LogP contribution in [0, 0.1) is 5.92 Å². The fraction of sp³-hybridized carbons (Fsp3) is 0.529. The van der Waals surface area contributed by atoms with E-state index in [0.717, 1.165) is 17.1 Å². The minimum Gasteiger partial charge on any atom is -0.497 e. The third-order valence-corrected chi connectivity index (χ3v) is 4.23. The molecule has 0 aliphatic heterocycles. The van der Waals surface area contributed by atoms with E-state index in [4.69, 9.17) is 4.74 Å². The van der Waals surface area contributed by atoms with Gasteiger partial charge < -0.3 is 9.64 Å². The van der Waals surface area contributed by atoms with Gasteiger partial charge in [0.05, 0.1) is 7.11 Å². The predicted octanol–water partition coefficient (Wildman–Crippen LogP) is 3.35. The number of rotatable bonds is 7. The number of ether oxygens (including phenoxy) is 1. The summed E-state index contributed by atoms with van der Waals surface area (Å²) in [6.45, 7) is 7.84. The lowest BCUT2D eigenvalue weighted by atomic mass is 10.0. The van der Waals surface area contributed by atoms with Crippen LogP contribution in [0.4, 0.5) is 0 Å². The lowest BCUT2D eigenvalue weighted by Gasteiger charge is -2.32. The number of benzene rings is 1. The molecule has 1 atom stereocenters. The zero-order valence-electron chi connectivity index (χ0n) is 14.0. The molecule has 1 amide bonds. The summed E-state index contributed by atoms with van der Waals surface area (Å²) < 4.78 is 5.14. The second kappa shape index (κ2) is 8.83. The second-order valence-corrected chi connectivity index (χ2v) is 6.70. The average Bonchev–Trinajstić information content (AvgIpc) is 2.47. The molecule has 122 valence electrons. The Kier molecular flexibility index (Phi) is 7.45. The molecule has 0 saturated carbocycles. The van der Waals surface area contributed by atoms with Crippen LogP contribution in [0.5, 0.6) is 5.75 Å². The first-order chi connectivity index (χ1) is 10.4. The second-order valence-electron chi connectivity index (χ2n) is 5.44. The topological polar surface area (TPSA) is 46.6 Å². The molecule has 0 aliphatic rings. The summed E-state index contributed by atoms with van der Waals surface area (Å²) in [5.74, 6) is 1.49. The van der Waals surface area contributed by atoms with Crippen molar-refractivity contribution in [2.24, 2.45) is 5.92 Å². The molecule has 0 fully saturated rings. The normalized spacial score (nSPS) is 12.1. The summed E-state index contributed by atoms with van der Waals surface area (Å²) in [6, 6.07) is 7.17. The Bertz CT molecular complexity index is 499. The van der Waals surface area contributed by atoms with Gasteiger partial charge in [-0.3, -0.25) is 9.59 Å². The zero-order chi connectivity index (χ0) is 16.7. The van der Waals surface area contributed by atoms with Crippen molar-refractivity contribution in [3.05, 3.63) is 29.8 Å². The molecular formula is C17H25NO3S. The van der Waals surface area contributed by atoms with Gasteiger partial charge >= 0.3 is 0 Å². The van der Waals surface area contributed by atoms with Crippen LogP contribution in [-0.2, 0) is 16.1 Å². The third kappa shape index (κ3) is 5.05. The number of thioether (sulfide) groups is 1. The van der Waals surface area contributed by atoms with Crippen molar-refractivity contribution >= 4 is 22.8 Å². The van der Waals surface area contributed by atoms with Crippen LogP contribution >= 0.6 is 11.8 Å². The van der Waals surface area contributed by atoms with Crippen molar-refractivity contribution in [3.63, 3.8) is 0 Å². The Morgan fingerprint density at radius 1 is 1.23 bits per heavy atom. The van der Waals surface area contributed by atoms with Crippen LogP contribution in [0.25, 0.3) is 0 Å². The molecule has 22 heavy (non-hydrogen) atoms. The Hall–Kier alpha value is -1.49. The van der Waals surface area contributed by atoms with Gasteiger partial charge in [-0.25, -0.2) is 0 Å². The lowest BCUT2D eigenvalue weighted by Crippen LogP contribution is -2.45. The summed E-state index contributed by atoms with van der Waals surface area (Å²) in [4.78, 5) is 26.1. The smallest absolute Gasteiger partial charge is 0.220 e. The van der Waals surface area contributed by atoms with Gasteiger partial charge in [0, 0.05) is 13.5 Å². The molecule has 1 unspecified atom stereocenters. The minimum atomic E-state index is -0.399. The number of carbonyl (C=O) groups excluding carboxylic acids is 2. The van der Waals surface area contributed by atoms with E-state index in [2.05, 4.69) is 0 Å². The van der Waals surface area contributed by atoms with Crippen molar-refractivity contribution in [2.75, 3.05) is 12.9 Å². The maximum absolute atomic E-state index is 12.4. The van der Waals surface area contributed by atoms with Gasteiger partial charge in [0.25, 0.3) is 0 Å². The lowest BCUT2D eigenvalue weighted by molar-refractivity contribution is -0.137. The van der Waals surface area contributed by atoms with Crippen LogP contribution in [0.3, 0.4) is 0 Å². The van der Waals surface area contributed by atoms with Crippen LogP contribution in [0.15, 0.2) is 24.3 Å². The van der Waals surface area contributed by atoms with Crippen molar-refractivity contribution in [2.45, 2.75) is 40.3 Å². The Morgan fingerprint density at radius 3 is 2.23 bits per heavy atom. The summed E-state index contributed by atoms with van der Waals surface area (Å²) in [7, 11) is 1.62. The van der Waals surface area contributed by atoms with Crippen molar-refractivity contribution in [1.29, 1.82) is 0 Å². The van der Waals surface area contributed by atoms with Crippen LogP contribution in [-0.4, -0.2) is 34.8 Å². The highest BCUT2D eigenvalue weighted by Crippen LogP contribution is 2.22. The predicted molar refractivity (Wildman–Crippen MR) is 91.0 cm³/mol. The quantitative estimate of drug-likeness (QED) is 0.772. The molecule has 0 bridgehead atoms. The zero-order valence-corrected chi connectivity index (χ0v) is 14.8. The third-order valence-electron chi connectivity index (χ3n) is 3.41. The van der Waals surface area contributed by atoms with Gasteiger partial charge in [-0.2, -0.15) is 0 Å². The van der Waals surface area contributed by atoms with Gasteiger partial charge in [0.15, 0.2) is 0 Å². The standard InChI is InChI=1S/C17H25NO3S/c1-6-22-17(20)16(12(2)3)18(13(4)19)11-14-7-9-15(21-5)10-8-14/h7-10,12,16H,6,11H2,1-5H3. The highest BCUT2D eigenvalue weighted by molar-refractivity contribution is 8.13.